The van der Waals surface area contributed by atoms with Crippen LogP contribution in [-0.4, -0.2) is 84.6 Å². The molecule has 3 atom stereocenters. The highest BCUT2D eigenvalue weighted by atomic mass is 16.2. The third-order valence-electron chi connectivity index (χ3n) is 7.50. The van der Waals surface area contributed by atoms with Gasteiger partial charge in [0, 0.05) is 32.1 Å². The van der Waals surface area contributed by atoms with Crippen molar-refractivity contribution in [1.29, 1.82) is 0 Å². The Labute approximate surface area is 210 Å². The number of hydrogen-bond acceptors (Lipinski definition) is 5. The molecule has 1 N–H and O–H groups in total. The Bertz CT molecular complexity index is 816. The Morgan fingerprint density at radius 3 is 2.09 bits per heavy atom. The SMILES string of the molecule is CC(C)CC(C(=O)N1CCC(C(=O)NCC(C)(C)CN(C)C)CC1)N1C(=O)C2CC=CCC2C1=O. The van der Waals surface area contributed by atoms with Crippen molar-refractivity contribution in [1.82, 2.24) is 20.0 Å². The number of piperidine rings is 1. The van der Waals surface area contributed by atoms with Gasteiger partial charge in [-0.3, -0.25) is 24.1 Å². The maximum absolute atomic E-state index is 13.6. The minimum atomic E-state index is -0.752. The van der Waals surface area contributed by atoms with Crippen LogP contribution >= 0.6 is 0 Å². The monoisotopic (exact) mass is 488 g/mol. The molecule has 0 bridgehead atoms. The van der Waals surface area contributed by atoms with Gasteiger partial charge in [-0.2, -0.15) is 0 Å². The van der Waals surface area contributed by atoms with Gasteiger partial charge in [-0.15, -0.1) is 0 Å². The van der Waals surface area contributed by atoms with Gasteiger partial charge in [0.2, 0.25) is 23.6 Å². The molecule has 0 aromatic rings. The fraction of sp³-hybridized carbons (Fsp3) is 0.778. The number of allylic oxidation sites excluding steroid dienone is 2. The average Bonchev–Trinajstić information content (AvgIpc) is 3.05. The fourth-order valence-electron chi connectivity index (χ4n) is 5.85. The summed E-state index contributed by atoms with van der Waals surface area (Å²) < 4.78 is 0. The average molecular weight is 489 g/mol. The number of carbonyl (C=O) groups is 4. The van der Waals surface area contributed by atoms with Crippen LogP contribution in [0.5, 0.6) is 0 Å². The molecule has 2 fully saturated rings. The molecule has 2 heterocycles. The number of carbonyl (C=O) groups excluding carboxylic acids is 4. The zero-order chi connectivity index (χ0) is 25.9. The van der Waals surface area contributed by atoms with Crippen molar-refractivity contribution in [2.45, 2.75) is 65.8 Å². The van der Waals surface area contributed by atoms with Crippen LogP contribution < -0.4 is 5.32 Å². The predicted octanol–water partition coefficient (Wildman–Crippen LogP) is 2.29. The molecular weight excluding hydrogens is 444 g/mol. The standard InChI is InChI=1S/C27H44N4O4/c1-18(2)15-22(31-24(33)20-9-7-8-10-21(20)25(31)34)26(35)30-13-11-19(12-14-30)23(32)28-16-27(3,4)17-29(5)6/h7-8,18-22H,9-17H2,1-6H3,(H,28,32). The lowest BCUT2D eigenvalue weighted by Crippen LogP contribution is -2.54. The van der Waals surface area contributed by atoms with Gasteiger partial charge >= 0.3 is 0 Å². The van der Waals surface area contributed by atoms with E-state index in [1.54, 1.807) is 4.90 Å². The van der Waals surface area contributed by atoms with Crippen LogP contribution in [0.25, 0.3) is 0 Å². The first-order chi connectivity index (χ1) is 16.4. The minimum Gasteiger partial charge on any atom is -0.355 e. The van der Waals surface area contributed by atoms with Crippen molar-refractivity contribution in [2.75, 3.05) is 40.3 Å². The number of nitrogens with zero attached hydrogens (tertiary/aromatic N) is 3. The van der Waals surface area contributed by atoms with Gasteiger partial charge in [0.1, 0.15) is 6.04 Å². The highest BCUT2D eigenvalue weighted by Crippen LogP contribution is 2.37. The lowest BCUT2D eigenvalue weighted by molar-refractivity contribution is -0.153. The molecule has 3 rings (SSSR count). The molecule has 0 spiro atoms. The van der Waals surface area contributed by atoms with Crippen LogP contribution in [0.4, 0.5) is 0 Å². The Hall–Kier alpha value is -2.22. The summed E-state index contributed by atoms with van der Waals surface area (Å²) >= 11 is 0. The quantitative estimate of drug-likeness (QED) is 0.397. The van der Waals surface area contributed by atoms with Crippen LogP contribution in [0.3, 0.4) is 0 Å². The second kappa shape index (κ2) is 11.2. The van der Waals surface area contributed by atoms with Crippen molar-refractivity contribution < 1.29 is 19.2 Å². The third kappa shape index (κ3) is 6.51. The Morgan fingerprint density at radius 1 is 1.06 bits per heavy atom. The van der Waals surface area contributed by atoms with Gasteiger partial charge in [-0.25, -0.2) is 0 Å². The summed E-state index contributed by atoms with van der Waals surface area (Å²) in [5, 5.41) is 3.10. The van der Waals surface area contributed by atoms with Crippen LogP contribution in [0, 0.1) is 29.1 Å². The molecular formula is C27H44N4O4. The number of rotatable bonds is 9. The lowest BCUT2D eigenvalue weighted by Gasteiger charge is -2.37. The highest BCUT2D eigenvalue weighted by molar-refractivity contribution is 6.08. The summed E-state index contributed by atoms with van der Waals surface area (Å²) in [6.45, 7) is 10.7. The number of amides is 4. The van der Waals surface area contributed by atoms with Gasteiger partial charge in [-0.05, 0) is 57.5 Å². The van der Waals surface area contributed by atoms with Crippen molar-refractivity contribution in [2.24, 2.45) is 29.1 Å². The van der Waals surface area contributed by atoms with E-state index in [2.05, 4.69) is 24.1 Å². The normalized spacial score (nSPS) is 24.3. The van der Waals surface area contributed by atoms with Crippen LogP contribution in [0.2, 0.25) is 0 Å². The van der Waals surface area contributed by atoms with Crippen molar-refractivity contribution in [3.63, 3.8) is 0 Å². The molecule has 35 heavy (non-hydrogen) atoms. The molecule has 8 nitrogen and oxygen atoms in total. The molecule has 2 aliphatic heterocycles. The van der Waals surface area contributed by atoms with E-state index in [1.807, 2.05) is 40.1 Å². The van der Waals surface area contributed by atoms with E-state index in [0.717, 1.165) is 6.54 Å². The number of fused-ring (bicyclic) bond motifs is 1. The Balaban J connectivity index is 1.60. The molecule has 0 radical (unpaired) electrons. The predicted molar refractivity (Wildman–Crippen MR) is 135 cm³/mol. The van der Waals surface area contributed by atoms with E-state index < -0.39 is 6.04 Å². The zero-order valence-corrected chi connectivity index (χ0v) is 22.4. The molecule has 196 valence electrons. The van der Waals surface area contributed by atoms with Gasteiger partial charge in [0.25, 0.3) is 0 Å². The van der Waals surface area contributed by atoms with E-state index in [9.17, 15) is 19.2 Å². The van der Waals surface area contributed by atoms with E-state index in [4.69, 9.17) is 0 Å². The van der Waals surface area contributed by atoms with Crippen molar-refractivity contribution >= 4 is 23.6 Å². The highest BCUT2D eigenvalue weighted by Gasteiger charge is 2.51. The molecule has 0 saturated carbocycles. The van der Waals surface area contributed by atoms with Gasteiger partial charge in [0.15, 0.2) is 0 Å². The lowest BCUT2D eigenvalue weighted by atomic mass is 9.85. The van der Waals surface area contributed by atoms with Gasteiger partial charge in [0.05, 0.1) is 11.8 Å². The Morgan fingerprint density at radius 2 is 1.60 bits per heavy atom. The Kier molecular flexibility index (Phi) is 8.78. The number of likely N-dealkylation sites (tertiary alicyclic amines) is 2. The number of imide groups is 1. The first-order valence-electron chi connectivity index (χ1n) is 13.1. The topological polar surface area (TPSA) is 90.0 Å². The summed E-state index contributed by atoms with van der Waals surface area (Å²) in [5.41, 5.74) is -0.0264. The largest absolute Gasteiger partial charge is 0.355 e. The summed E-state index contributed by atoms with van der Waals surface area (Å²) in [5.74, 6) is -1.12. The number of hydrogen-bond donors (Lipinski definition) is 1. The van der Waals surface area contributed by atoms with Crippen molar-refractivity contribution in [3.05, 3.63) is 12.2 Å². The van der Waals surface area contributed by atoms with E-state index in [1.165, 1.54) is 4.90 Å². The minimum absolute atomic E-state index is 0.0264. The summed E-state index contributed by atoms with van der Waals surface area (Å²) in [4.78, 5) is 57.9. The first kappa shape index (κ1) is 27.4. The maximum Gasteiger partial charge on any atom is 0.245 e. The number of nitrogens with one attached hydrogen (secondary N) is 1. The van der Waals surface area contributed by atoms with Crippen LogP contribution in [0.1, 0.15) is 59.8 Å². The molecule has 3 aliphatic rings. The third-order valence-corrected chi connectivity index (χ3v) is 7.50. The maximum atomic E-state index is 13.6. The molecule has 8 heteroatoms. The second-order valence-electron chi connectivity index (χ2n) is 12.1. The van der Waals surface area contributed by atoms with E-state index in [-0.39, 0.29) is 52.7 Å². The van der Waals surface area contributed by atoms with Crippen LogP contribution in [0.15, 0.2) is 12.2 Å². The molecule has 0 aromatic carbocycles. The van der Waals surface area contributed by atoms with Gasteiger partial charge in [-0.1, -0.05) is 39.8 Å². The zero-order valence-electron chi connectivity index (χ0n) is 22.4. The summed E-state index contributed by atoms with van der Waals surface area (Å²) in [7, 11) is 4.05. The fourth-order valence-corrected chi connectivity index (χ4v) is 5.85. The molecule has 2 saturated heterocycles. The second-order valence-corrected chi connectivity index (χ2v) is 12.1. The molecule has 3 unspecified atom stereocenters. The van der Waals surface area contributed by atoms with E-state index >= 15 is 0 Å². The first-order valence-corrected chi connectivity index (χ1v) is 13.1. The molecule has 0 aromatic heterocycles. The van der Waals surface area contributed by atoms with Crippen molar-refractivity contribution in [3.8, 4) is 0 Å². The summed E-state index contributed by atoms with van der Waals surface area (Å²) in [6.07, 6.45) is 6.72. The molecule has 4 amide bonds. The summed E-state index contributed by atoms with van der Waals surface area (Å²) in [6, 6.07) is -0.752. The van der Waals surface area contributed by atoms with Crippen LogP contribution in [-0.2, 0) is 19.2 Å². The smallest absolute Gasteiger partial charge is 0.245 e. The van der Waals surface area contributed by atoms with E-state index in [0.29, 0.717) is 51.7 Å². The van der Waals surface area contributed by atoms with Gasteiger partial charge < -0.3 is 15.1 Å². The molecule has 1 aliphatic carbocycles.